The van der Waals surface area contributed by atoms with E-state index in [-0.39, 0.29) is 23.4 Å². The van der Waals surface area contributed by atoms with E-state index in [0.29, 0.717) is 0 Å². The summed E-state index contributed by atoms with van der Waals surface area (Å²) in [4.78, 5) is 33.8. The highest BCUT2D eigenvalue weighted by Gasteiger charge is 2.38. The number of aromatic nitrogens is 2. The molecule has 1 aromatic rings. The molecule has 0 saturated heterocycles. The van der Waals surface area contributed by atoms with Gasteiger partial charge in [-0.3, -0.25) is 9.59 Å². The van der Waals surface area contributed by atoms with Crippen molar-refractivity contribution in [2.45, 2.75) is 27.3 Å². The van der Waals surface area contributed by atoms with Gasteiger partial charge < -0.3 is 14.9 Å². The fourth-order valence-electron chi connectivity index (χ4n) is 1.36. The molecule has 0 unspecified atom stereocenters. The van der Waals surface area contributed by atoms with Gasteiger partial charge in [0.15, 0.2) is 5.78 Å². The van der Waals surface area contributed by atoms with Crippen LogP contribution < -0.4 is 0 Å². The van der Waals surface area contributed by atoms with Crippen molar-refractivity contribution in [3.8, 4) is 0 Å². The van der Waals surface area contributed by atoms with Crippen LogP contribution in [0.2, 0.25) is 0 Å². The number of ether oxygens (including phenoxy) is 1. The lowest BCUT2D eigenvalue weighted by Gasteiger charge is -2.19. The number of carbonyl (C=O) groups is 2. The van der Waals surface area contributed by atoms with Crippen molar-refractivity contribution in [3.05, 3.63) is 20.8 Å². The van der Waals surface area contributed by atoms with E-state index >= 15 is 0 Å². The third-order valence-electron chi connectivity index (χ3n) is 2.66. The summed E-state index contributed by atoms with van der Waals surface area (Å²) in [7, 11) is 0. The molecule has 1 rings (SSSR count). The molecule has 0 saturated carbocycles. The number of nitro groups is 1. The zero-order valence-electron chi connectivity index (χ0n) is 11.3. The molecule has 20 heavy (non-hydrogen) atoms. The van der Waals surface area contributed by atoms with Crippen molar-refractivity contribution < 1.29 is 19.2 Å². The maximum atomic E-state index is 12.1. The molecule has 0 atom stereocenters. The van der Waals surface area contributed by atoms with Crippen molar-refractivity contribution in [3.63, 3.8) is 0 Å². The highest BCUT2D eigenvalue weighted by molar-refractivity contribution is 9.10. The van der Waals surface area contributed by atoms with Gasteiger partial charge in [0.05, 0.1) is 17.9 Å². The van der Waals surface area contributed by atoms with Crippen LogP contribution in [-0.4, -0.2) is 33.1 Å². The number of ketones is 1. The summed E-state index contributed by atoms with van der Waals surface area (Å²) in [6.45, 7) is 4.46. The highest BCUT2D eigenvalue weighted by Crippen LogP contribution is 2.24. The Balaban J connectivity index is 2.88. The van der Waals surface area contributed by atoms with Crippen LogP contribution in [-0.2, 0) is 20.9 Å². The lowest BCUT2D eigenvalue weighted by molar-refractivity contribution is -0.390. The van der Waals surface area contributed by atoms with Gasteiger partial charge in [0.1, 0.15) is 16.4 Å². The zero-order chi connectivity index (χ0) is 15.5. The Labute approximate surface area is 123 Å². The first kappa shape index (κ1) is 16.3. The van der Waals surface area contributed by atoms with Gasteiger partial charge in [-0.05, 0) is 41.6 Å². The Morgan fingerprint density at radius 3 is 2.60 bits per heavy atom. The van der Waals surface area contributed by atoms with E-state index in [0.717, 1.165) is 4.68 Å². The quantitative estimate of drug-likeness (QED) is 0.335. The number of esters is 1. The largest absolute Gasteiger partial charge is 0.465 e. The molecule has 0 N–H and O–H groups in total. The van der Waals surface area contributed by atoms with Gasteiger partial charge in [0, 0.05) is 0 Å². The van der Waals surface area contributed by atoms with Crippen LogP contribution in [0.3, 0.4) is 0 Å². The molecule has 0 spiro atoms. The van der Waals surface area contributed by atoms with Crippen LogP contribution >= 0.6 is 15.9 Å². The molecular formula is C11H14BrN3O5. The summed E-state index contributed by atoms with van der Waals surface area (Å²) >= 11 is 2.98. The monoisotopic (exact) mass is 347 g/mol. The molecule has 0 radical (unpaired) electrons. The van der Waals surface area contributed by atoms with Crippen LogP contribution in [0.15, 0.2) is 10.7 Å². The highest BCUT2D eigenvalue weighted by atomic mass is 79.9. The van der Waals surface area contributed by atoms with E-state index in [9.17, 15) is 19.7 Å². The number of rotatable bonds is 6. The first-order valence-electron chi connectivity index (χ1n) is 5.78. The van der Waals surface area contributed by atoms with Crippen molar-refractivity contribution in [2.75, 3.05) is 6.61 Å². The molecule has 0 aliphatic carbocycles. The molecule has 0 aliphatic rings. The minimum absolute atomic E-state index is 0.171. The maximum Gasteiger partial charge on any atom is 0.404 e. The molecule has 110 valence electrons. The molecule has 0 aromatic carbocycles. The Morgan fingerprint density at radius 2 is 2.15 bits per heavy atom. The van der Waals surface area contributed by atoms with E-state index in [1.807, 2.05) is 0 Å². The minimum atomic E-state index is -1.33. The van der Waals surface area contributed by atoms with Crippen molar-refractivity contribution in [2.24, 2.45) is 5.41 Å². The fraction of sp³-hybridized carbons (Fsp3) is 0.545. The number of nitrogens with zero attached hydrogens (tertiary/aromatic N) is 3. The average Bonchev–Trinajstić information content (AvgIpc) is 2.70. The number of halogens is 1. The molecular weight excluding hydrogens is 334 g/mol. The number of Topliss-reactive ketones (excluding diaryl/α,β-unsaturated/α-hetero) is 1. The summed E-state index contributed by atoms with van der Waals surface area (Å²) in [6.07, 6.45) is 1.32. The molecule has 0 fully saturated rings. The molecule has 9 heteroatoms. The molecule has 0 bridgehead atoms. The van der Waals surface area contributed by atoms with Gasteiger partial charge in [0.25, 0.3) is 0 Å². The summed E-state index contributed by atoms with van der Waals surface area (Å²) in [5.41, 5.74) is -1.33. The lowest BCUT2D eigenvalue weighted by atomic mass is 9.88. The third-order valence-corrected chi connectivity index (χ3v) is 3.22. The number of hydrogen-bond donors (Lipinski definition) is 0. The molecule has 8 nitrogen and oxygen atoms in total. The van der Waals surface area contributed by atoms with Gasteiger partial charge in [-0.15, -0.1) is 0 Å². The Bertz CT molecular complexity index is 552. The van der Waals surface area contributed by atoms with Crippen LogP contribution in [0.25, 0.3) is 0 Å². The zero-order valence-corrected chi connectivity index (χ0v) is 12.8. The van der Waals surface area contributed by atoms with Gasteiger partial charge in [-0.25, -0.2) is 0 Å². The minimum Gasteiger partial charge on any atom is -0.465 e. The molecule has 1 heterocycles. The van der Waals surface area contributed by atoms with Crippen LogP contribution in [0.5, 0.6) is 0 Å². The molecule has 1 aromatic heterocycles. The number of carbonyl (C=O) groups excluding carboxylic acids is 2. The molecule has 0 aliphatic heterocycles. The van der Waals surface area contributed by atoms with E-state index in [1.165, 1.54) is 20.0 Å². The Hall–Kier alpha value is -1.77. The van der Waals surface area contributed by atoms with E-state index in [4.69, 9.17) is 4.74 Å². The van der Waals surface area contributed by atoms with Gasteiger partial charge in [0.2, 0.25) is 0 Å². The standard InChI is InChI=1S/C11H14BrN3O5/c1-4-20-10(17)11(2,3)8(16)6-14-5-7(12)9(13-14)15(18)19/h5H,4,6H2,1-3H3. The van der Waals surface area contributed by atoms with Gasteiger partial charge in [-0.2, -0.15) is 4.68 Å². The summed E-state index contributed by atoms with van der Waals surface area (Å²) in [6, 6.07) is 0. The van der Waals surface area contributed by atoms with E-state index in [1.54, 1.807) is 6.92 Å². The van der Waals surface area contributed by atoms with Gasteiger partial charge >= 0.3 is 11.8 Å². The van der Waals surface area contributed by atoms with Crippen LogP contribution in [0.4, 0.5) is 5.82 Å². The smallest absolute Gasteiger partial charge is 0.404 e. The summed E-state index contributed by atoms with van der Waals surface area (Å²) in [5.74, 6) is -1.46. The SMILES string of the molecule is CCOC(=O)C(C)(C)C(=O)Cn1cc(Br)c([N+](=O)[O-])n1. The lowest BCUT2D eigenvalue weighted by Crippen LogP contribution is -2.37. The first-order chi connectivity index (χ1) is 9.20. The maximum absolute atomic E-state index is 12.1. The van der Waals surface area contributed by atoms with Crippen LogP contribution in [0, 0.1) is 15.5 Å². The van der Waals surface area contributed by atoms with E-state index < -0.39 is 22.1 Å². The summed E-state index contributed by atoms with van der Waals surface area (Å²) < 4.78 is 6.11. The Kier molecular flexibility index (Phi) is 4.98. The van der Waals surface area contributed by atoms with Crippen molar-refractivity contribution in [1.29, 1.82) is 0 Å². The first-order valence-corrected chi connectivity index (χ1v) is 6.57. The second-order valence-corrected chi connectivity index (χ2v) is 5.38. The normalized spacial score (nSPS) is 11.2. The van der Waals surface area contributed by atoms with Crippen molar-refractivity contribution >= 4 is 33.5 Å². The second kappa shape index (κ2) is 6.12. The molecule has 0 amide bonds. The predicted molar refractivity (Wildman–Crippen MR) is 72.0 cm³/mol. The third kappa shape index (κ3) is 3.41. The van der Waals surface area contributed by atoms with Crippen molar-refractivity contribution in [1.82, 2.24) is 9.78 Å². The second-order valence-electron chi connectivity index (χ2n) is 4.52. The van der Waals surface area contributed by atoms with Crippen LogP contribution in [0.1, 0.15) is 20.8 Å². The fourth-order valence-corrected chi connectivity index (χ4v) is 1.82. The number of hydrogen-bond acceptors (Lipinski definition) is 6. The predicted octanol–water partition coefficient (Wildman–Crippen LogP) is 1.71. The summed E-state index contributed by atoms with van der Waals surface area (Å²) in [5, 5.41) is 14.3. The van der Waals surface area contributed by atoms with E-state index in [2.05, 4.69) is 21.0 Å². The van der Waals surface area contributed by atoms with Gasteiger partial charge in [-0.1, -0.05) is 0 Å². The topological polar surface area (TPSA) is 104 Å². The average molecular weight is 348 g/mol. The Morgan fingerprint density at radius 1 is 1.55 bits per heavy atom.